The molecule has 92 valence electrons. The van der Waals surface area contributed by atoms with Crippen molar-refractivity contribution < 1.29 is 0 Å². The van der Waals surface area contributed by atoms with E-state index in [1.807, 2.05) is 12.2 Å². The predicted octanol–water partition coefficient (Wildman–Crippen LogP) is 1.00. The number of tetrazole rings is 1. The molecule has 0 saturated heterocycles. The first-order valence-electron chi connectivity index (χ1n) is 5.99. The Kier molecular flexibility index (Phi) is 1.94. The van der Waals surface area contributed by atoms with Gasteiger partial charge in [0.1, 0.15) is 0 Å². The third-order valence-corrected chi connectivity index (χ3v) is 3.40. The molecule has 1 fully saturated rings. The molecule has 19 heavy (non-hydrogen) atoms. The second kappa shape index (κ2) is 3.62. The van der Waals surface area contributed by atoms with Gasteiger partial charge in [-0.3, -0.25) is 0 Å². The van der Waals surface area contributed by atoms with E-state index >= 15 is 0 Å². The van der Waals surface area contributed by atoms with Gasteiger partial charge >= 0.3 is 0 Å². The minimum atomic E-state index is 0.413. The van der Waals surface area contributed by atoms with Crippen molar-refractivity contribution in [2.24, 2.45) is 11.8 Å². The predicted molar refractivity (Wildman–Crippen MR) is 65.0 cm³/mol. The Hall–Kier alpha value is -2.75. The molecule has 2 atom stereocenters. The molecule has 7 nitrogen and oxygen atoms in total. The van der Waals surface area contributed by atoms with Gasteiger partial charge in [-0.05, 0) is 23.6 Å². The van der Waals surface area contributed by atoms with Crippen molar-refractivity contribution in [1.82, 2.24) is 30.2 Å². The minimum Gasteiger partial charge on any atom is -0.342 e. The van der Waals surface area contributed by atoms with Crippen LogP contribution in [0.2, 0.25) is 0 Å². The summed E-state index contributed by atoms with van der Waals surface area (Å²) in [6, 6.07) is 2.17. The standard InChI is InChI=1S/C12H9N7/c13-6-7-3-8-5-9(8)10(4-7)19-17-12(16-18-19)11-14-1-2-15-11/h1-4,8-9H,5H2,(H,14,15). The molecule has 2 aliphatic carbocycles. The number of imidazole rings is 1. The van der Waals surface area contributed by atoms with Gasteiger partial charge in [0.15, 0.2) is 5.82 Å². The molecule has 2 unspecified atom stereocenters. The maximum atomic E-state index is 9.00. The average Bonchev–Trinajstić information content (AvgIpc) is 2.85. The quantitative estimate of drug-likeness (QED) is 0.859. The van der Waals surface area contributed by atoms with Crippen molar-refractivity contribution >= 4 is 5.70 Å². The van der Waals surface area contributed by atoms with Gasteiger partial charge in [-0.25, -0.2) is 4.98 Å². The Bertz CT molecular complexity index is 728. The van der Waals surface area contributed by atoms with E-state index in [2.05, 4.69) is 31.4 Å². The summed E-state index contributed by atoms with van der Waals surface area (Å²) in [4.78, 5) is 8.53. The van der Waals surface area contributed by atoms with Crippen LogP contribution in [0.15, 0.2) is 30.1 Å². The summed E-state index contributed by atoms with van der Waals surface area (Å²) in [6.07, 6.45) is 8.25. The van der Waals surface area contributed by atoms with Crippen LogP contribution in [-0.2, 0) is 0 Å². The van der Waals surface area contributed by atoms with Gasteiger partial charge < -0.3 is 4.98 Å². The van der Waals surface area contributed by atoms with Crippen molar-refractivity contribution in [3.05, 3.63) is 30.1 Å². The van der Waals surface area contributed by atoms with E-state index < -0.39 is 0 Å². The number of hydrogen-bond acceptors (Lipinski definition) is 5. The number of allylic oxidation sites excluding steroid dienone is 4. The third-order valence-electron chi connectivity index (χ3n) is 3.40. The van der Waals surface area contributed by atoms with Crippen LogP contribution in [0.3, 0.4) is 0 Å². The normalized spacial score (nSPS) is 24.2. The van der Waals surface area contributed by atoms with Crippen LogP contribution in [0.1, 0.15) is 6.42 Å². The zero-order valence-corrected chi connectivity index (χ0v) is 9.85. The van der Waals surface area contributed by atoms with Crippen LogP contribution in [0.25, 0.3) is 17.3 Å². The fourth-order valence-corrected chi connectivity index (χ4v) is 2.37. The Labute approximate surface area is 108 Å². The van der Waals surface area contributed by atoms with Gasteiger partial charge in [0, 0.05) is 18.3 Å². The molecule has 1 saturated carbocycles. The van der Waals surface area contributed by atoms with Gasteiger partial charge in [0.2, 0.25) is 5.82 Å². The Morgan fingerprint density at radius 2 is 2.42 bits per heavy atom. The number of H-pyrrole nitrogens is 1. The zero-order valence-electron chi connectivity index (χ0n) is 9.85. The van der Waals surface area contributed by atoms with E-state index in [0.717, 1.165) is 12.1 Å². The first-order chi connectivity index (χ1) is 9.35. The van der Waals surface area contributed by atoms with Gasteiger partial charge in [-0.1, -0.05) is 6.08 Å². The lowest BCUT2D eigenvalue weighted by Gasteiger charge is -2.07. The van der Waals surface area contributed by atoms with Crippen LogP contribution in [-0.4, -0.2) is 30.2 Å². The van der Waals surface area contributed by atoms with Crippen molar-refractivity contribution in [2.75, 3.05) is 0 Å². The second-order valence-corrected chi connectivity index (χ2v) is 4.65. The third kappa shape index (κ3) is 1.57. The maximum absolute atomic E-state index is 9.00. The lowest BCUT2D eigenvalue weighted by Crippen LogP contribution is -2.07. The van der Waals surface area contributed by atoms with Crippen molar-refractivity contribution in [2.45, 2.75) is 6.42 Å². The number of nitrogens with one attached hydrogen (secondary N) is 1. The molecule has 1 N–H and O–H groups in total. The number of nitrogens with zero attached hydrogens (tertiary/aromatic N) is 6. The summed E-state index contributed by atoms with van der Waals surface area (Å²) in [7, 11) is 0. The number of aromatic nitrogens is 6. The van der Waals surface area contributed by atoms with E-state index in [1.165, 1.54) is 4.80 Å². The Balaban J connectivity index is 1.72. The summed E-state index contributed by atoms with van der Waals surface area (Å²) in [5.74, 6) is 1.91. The second-order valence-electron chi connectivity index (χ2n) is 4.65. The van der Waals surface area contributed by atoms with E-state index in [4.69, 9.17) is 5.26 Å². The average molecular weight is 251 g/mol. The number of hydrogen-bond donors (Lipinski definition) is 1. The molecule has 4 rings (SSSR count). The number of aromatic amines is 1. The fraction of sp³-hybridized carbons (Fsp3) is 0.250. The van der Waals surface area contributed by atoms with Crippen LogP contribution in [0, 0.1) is 23.2 Å². The number of rotatable bonds is 2. The number of nitriles is 1. The van der Waals surface area contributed by atoms with Gasteiger partial charge in [-0.15, -0.1) is 15.0 Å². The molecule has 0 bridgehead atoms. The van der Waals surface area contributed by atoms with E-state index in [9.17, 15) is 0 Å². The molecule has 0 aromatic carbocycles. The topological polar surface area (TPSA) is 96.1 Å². The highest BCUT2D eigenvalue weighted by atomic mass is 15.6. The van der Waals surface area contributed by atoms with Crippen molar-refractivity contribution in [3.63, 3.8) is 0 Å². The Morgan fingerprint density at radius 1 is 1.47 bits per heavy atom. The van der Waals surface area contributed by atoms with Crippen molar-refractivity contribution in [1.29, 1.82) is 5.26 Å². The van der Waals surface area contributed by atoms with Crippen LogP contribution < -0.4 is 0 Å². The molecule has 0 spiro atoms. The molecule has 7 heteroatoms. The maximum Gasteiger partial charge on any atom is 0.240 e. The summed E-state index contributed by atoms with van der Waals surface area (Å²) in [6.45, 7) is 0. The van der Waals surface area contributed by atoms with Crippen LogP contribution in [0.5, 0.6) is 0 Å². The highest BCUT2D eigenvalue weighted by Crippen LogP contribution is 2.50. The van der Waals surface area contributed by atoms with Crippen LogP contribution >= 0.6 is 0 Å². The molecule has 2 aromatic heterocycles. The molecule has 0 aliphatic heterocycles. The monoisotopic (exact) mass is 251 g/mol. The molecule has 2 aromatic rings. The van der Waals surface area contributed by atoms with Gasteiger partial charge in [-0.2, -0.15) is 5.26 Å². The van der Waals surface area contributed by atoms with Crippen LogP contribution in [0.4, 0.5) is 0 Å². The largest absolute Gasteiger partial charge is 0.342 e. The smallest absolute Gasteiger partial charge is 0.240 e. The summed E-state index contributed by atoms with van der Waals surface area (Å²) < 4.78 is 0. The fourth-order valence-electron chi connectivity index (χ4n) is 2.37. The lowest BCUT2D eigenvalue weighted by atomic mass is 10.1. The van der Waals surface area contributed by atoms with E-state index in [-0.39, 0.29) is 0 Å². The molecule has 0 amide bonds. The molecular formula is C12H9N7. The van der Waals surface area contributed by atoms with Gasteiger partial charge in [0.05, 0.1) is 17.3 Å². The Morgan fingerprint density at radius 3 is 3.21 bits per heavy atom. The lowest BCUT2D eigenvalue weighted by molar-refractivity contribution is 0.694. The first kappa shape index (κ1) is 10.2. The summed E-state index contributed by atoms with van der Waals surface area (Å²) >= 11 is 0. The first-order valence-corrected chi connectivity index (χ1v) is 5.99. The zero-order chi connectivity index (χ0) is 12.8. The van der Waals surface area contributed by atoms with E-state index in [0.29, 0.717) is 29.1 Å². The summed E-state index contributed by atoms with van der Waals surface area (Å²) in [5.41, 5.74) is 1.61. The number of fused-ring (bicyclic) bond motifs is 1. The summed E-state index contributed by atoms with van der Waals surface area (Å²) in [5, 5.41) is 21.4. The van der Waals surface area contributed by atoms with Gasteiger partial charge in [0.25, 0.3) is 0 Å². The molecular weight excluding hydrogens is 242 g/mol. The molecule has 2 heterocycles. The highest BCUT2D eigenvalue weighted by Gasteiger charge is 2.42. The molecule has 2 aliphatic rings. The minimum absolute atomic E-state index is 0.413. The SMILES string of the molecule is N#CC1=CC2CC2C(n2nnc(-c3ncc[nH]3)n2)=C1. The molecule has 0 radical (unpaired) electrons. The highest BCUT2D eigenvalue weighted by molar-refractivity contribution is 5.62. The van der Waals surface area contributed by atoms with E-state index in [1.54, 1.807) is 12.4 Å². The van der Waals surface area contributed by atoms with Crippen molar-refractivity contribution in [3.8, 4) is 17.7 Å².